The predicted molar refractivity (Wildman–Crippen MR) is 111 cm³/mol. The second-order valence-corrected chi connectivity index (χ2v) is 8.73. The number of carbonyl (C=O) groups excluding carboxylic acids is 1. The maximum absolute atomic E-state index is 12.6. The van der Waals surface area contributed by atoms with Gasteiger partial charge in [-0.05, 0) is 49.2 Å². The van der Waals surface area contributed by atoms with E-state index in [4.69, 9.17) is 0 Å². The van der Waals surface area contributed by atoms with Gasteiger partial charge in [0, 0.05) is 36.6 Å². The molecule has 2 saturated heterocycles. The monoisotopic (exact) mass is 383 g/mol. The molecule has 1 amide bonds. The molecule has 0 bridgehead atoms. The zero-order chi connectivity index (χ0) is 18.5. The lowest BCUT2D eigenvalue weighted by atomic mass is 10.0. The van der Waals surface area contributed by atoms with Crippen molar-refractivity contribution in [3.05, 3.63) is 58.3 Å². The first-order chi connectivity index (χ1) is 13.3. The standard InChI is InChI=1S/C22H29N3OS/c26-22(17-25-12-4-8-20(25)21-9-5-15-27-21)23-19-10-13-24(14-11-19)16-18-6-2-1-3-7-18/h1-3,5-7,9,15,19-20H,4,8,10-14,16-17H2,(H,23,26). The summed E-state index contributed by atoms with van der Waals surface area (Å²) in [5.74, 6) is 0.194. The molecule has 1 aromatic carbocycles. The number of nitrogens with one attached hydrogen (secondary N) is 1. The minimum absolute atomic E-state index is 0.194. The Kier molecular flexibility index (Phi) is 6.22. The molecule has 1 aromatic heterocycles. The fourth-order valence-electron chi connectivity index (χ4n) is 4.35. The van der Waals surface area contributed by atoms with E-state index >= 15 is 0 Å². The molecule has 4 nitrogen and oxygen atoms in total. The van der Waals surface area contributed by atoms with Gasteiger partial charge in [0.15, 0.2) is 0 Å². The van der Waals surface area contributed by atoms with Gasteiger partial charge in [0.25, 0.3) is 0 Å². The Morgan fingerprint density at radius 3 is 2.59 bits per heavy atom. The molecule has 0 aliphatic carbocycles. The molecule has 0 radical (unpaired) electrons. The molecule has 0 spiro atoms. The SMILES string of the molecule is O=C(CN1CCCC1c1cccs1)NC1CCN(Cc2ccccc2)CC1. The van der Waals surface area contributed by atoms with Crippen LogP contribution in [0.4, 0.5) is 0 Å². The number of benzene rings is 1. The molecule has 4 rings (SSSR count). The van der Waals surface area contributed by atoms with E-state index in [1.54, 1.807) is 0 Å². The molecule has 5 heteroatoms. The summed E-state index contributed by atoms with van der Waals surface area (Å²) in [6.45, 7) is 4.69. The van der Waals surface area contributed by atoms with Crippen LogP contribution in [0.2, 0.25) is 0 Å². The number of thiophene rings is 1. The van der Waals surface area contributed by atoms with Crippen LogP contribution in [0.5, 0.6) is 0 Å². The quantitative estimate of drug-likeness (QED) is 0.827. The molecule has 27 heavy (non-hydrogen) atoms. The number of piperidine rings is 1. The number of nitrogens with zero attached hydrogens (tertiary/aromatic N) is 2. The van der Waals surface area contributed by atoms with Crippen molar-refractivity contribution in [1.29, 1.82) is 0 Å². The summed E-state index contributed by atoms with van der Waals surface area (Å²) < 4.78 is 0. The maximum Gasteiger partial charge on any atom is 0.234 e. The highest BCUT2D eigenvalue weighted by atomic mass is 32.1. The zero-order valence-corrected chi connectivity index (χ0v) is 16.7. The molecule has 2 aliphatic rings. The fraction of sp³-hybridized carbons (Fsp3) is 0.500. The summed E-state index contributed by atoms with van der Waals surface area (Å²) in [6, 6.07) is 15.7. The van der Waals surface area contributed by atoms with E-state index in [2.05, 4.69) is 63.0 Å². The summed E-state index contributed by atoms with van der Waals surface area (Å²) in [5, 5.41) is 5.43. The second kappa shape index (κ2) is 9.00. The summed E-state index contributed by atoms with van der Waals surface area (Å²) in [4.78, 5) is 18.8. The molecule has 2 fully saturated rings. The number of amides is 1. The van der Waals surface area contributed by atoms with E-state index in [9.17, 15) is 4.79 Å². The van der Waals surface area contributed by atoms with Gasteiger partial charge in [-0.25, -0.2) is 0 Å². The van der Waals surface area contributed by atoms with Crippen molar-refractivity contribution in [3.63, 3.8) is 0 Å². The first kappa shape index (κ1) is 18.7. The fourth-order valence-corrected chi connectivity index (χ4v) is 5.25. The molecular formula is C22H29N3OS. The Labute approximate surface area is 166 Å². The van der Waals surface area contributed by atoms with Gasteiger partial charge in [-0.3, -0.25) is 14.6 Å². The van der Waals surface area contributed by atoms with Gasteiger partial charge in [-0.2, -0.15) is 0 Å². The molecule has 0 saturated carbocycles. The summed E-state index contributed by atoms with van der Waals surface area (Å²) in [5.41, 5.74) is 1.37. The Balaban J connectivity index is 1.21. The second-order valence-electron chi connectivity index (χ2n) is 7.75. The van der Waals surface area contributed by atoms with Crippen molar-refractivity contribution in [2.75, 3.05) is 26.2 Å². The third-order valence-electron chi connectivity index (χ3n) is 5.78. The van der Waals surface area contributed by atoms with E-state index in [0.29, 0.717) is 18.6 Å². The number of hydrogen-bond acceptors (Lipinski definition) is 4. The third-order valence-corrected chi connectivity index (χ3v) is 6.76. The zero-order valence-electron chi connectivity index (χ0n) is 15.8. The highest BCUT2D eigenvalue weighted by molar-refractivity contribution is 7.10. The predicted octanol–water partition coefficient (Wildman–Crippen LogP) is 3.67. The summed E-state index contributed by atoms with van der Waals surface area (Å²) in [7, 11) is 0. The van der Waals surface area contributed by atoms with Crippen LogP contribution in [0.3, 0.4) is 0 Å². The normalized spacial score (nSPS) is 22.1. The smallest absolute Gasteiger partial charge is 0.234 e. The van der Waals surface area contributed by atoms with Crippen LogP contribution in [-0.2, 0) is 11.3 Å². The summed E-state index contributed by atoms with van der Waals surface area (Å²) in [6.07, 6.45) is 4.46. The number of hydrogen-bond donors (Lipinski definition) is 1. The van der Waals surface area contributed by atoms with E-state index in [-0.39, 0.29) is 5.91 Å². The van der Waals surface area contributed by atoms with E-state index in [1.165, 1.54) is 23.3 Å². The van der Waals surface area contributed by atoms with Gasteiger partial charge < -0.3 is 5.32 Å². The van der Waals surface area contributed by atoms with Crippen molar-refractivity contribution >= 4 is 17.2 Å². The molecule has 1 N–H and O–H groups in total. The Bertz CT molecular complexity index is 710. The van der Waals surface area contributed by atoms with Crippen LogP contribution in [0, 0.1) is 0 Å². The average Bonchev–Trinajstić information content (AvgIpc) is 3.36. The van der Waals surface area contributed by atoms with E-state index in [0.717, 1.165) is 39.0 Å². The lowest BCUT2D eigenvalue weighted by molar-refractivity contribution is -0.123. The van der Waals surface area contributed by atoms with Crippen LogP contribution in [-0.4, -0.2) is 47.9 Å². The summed E-state index contributed by atoms with van der Waals surface area (Å²) >= 11 is 1.81. The largest absolute Gasteiger partial charge is 0.352 e. The number of likely N-dealkylation sites (tertiary alicyclic amines) is 2. The Hall–Kier alpha value is -1.69. The topological polar surface area (TPSA) is 35.6 Å². The van der Waals surface area contributed by atoms with Crippen LogP contribution >= 0.6 is 11.3 Å². The van der Waals surface area contributed by atoms with Crippen LogP contribution in [0.15, 0.2) is 47.8 Å². The van der Waals surface area contributed by atoms with Crippen molar-refractivity contribution < 1.29 is 4.79 Å². The van der Waals surface area contributed by atoms with Crippen molar-refractivity contribution in [3.8, 4) is 0 Å². The highest BCUT2D eigenvalue weighted by Gasteiger charge is 2.29. The average molecular weight is 384 g/mol. The minimum Gasteiger partial charge on any atom is -0.352 e. The molecule has 3 heterocycles. The van der Waals surface area contributed by atoms with Crippen molar-refractivity contribution in [2.24, 2.45) is 0 Å². The van der Waals surface area contributed by atoms with Gasteiger partial charge in [0.2, 0.25) is 5.91 Å². The first-order valence-corrected chi connectivity index (χ1v) is 11.0. The molecule has 1 atom stereocenters. The molecule has 2 aliphatic heterocycles. The van der Waals surface area contributed by atoms with Crippen molar-refractivity contribution in [2.45, 2.75) is 44.3 Å². The molecular weight excluding hydrogens is 354 g/mol. The lowest BCUT2D eigenvalue weighted by Gasteiger charge is -2.33. The van der Waals surface area contributed by atoms with Crippen LogP contribution in [0.25, 0.3) is 0 Å². The van der Waals surface area contributed by atoms with Crippen molar-refractivity contribution in [1.82, 2.24) is 15.1 Å². The first-order valence-electron chi connectivity index (χ1n) is 10.1. The molecule has 1 unspecified atom stereocenters. The van der Waals surface area contributed by atoms with Gasteiger partial charge in [-0.15, -0.1) is 11.3 Å². The van der Waals surface area contributed by atoms with Gasteiger partial charge in [0.05, 0.1) is 6.54 Å². The van der Waals surface area contributed by atoms with Gasteiger partial charge >= 0.3 is 0 Å². The third kappa shape index (κ3) is 4.98. The number of carbonyl (C=O) groups is 1. The van der Waals surface area contributed by atoms with E-state index < -0.39 is 0 Å². The highest BCUT2D eigenvalue weighted by Crippen LogP contribution is 2.34. The minimum atomic E-state index is 0.194. The number of rotatable bonds is 6. The maximum atomic E-state index is 12.6. The molecule has 144 valence electrons. The van der Waals surface area contributed by atoms with Gasteiger partial charge in [-0.1, -0.05) is 36.4 Å². The van der Waals surface area contributed by atoms with Crippen LogP contribution < -0.4 is 5.32 Å². The Morgan fingerprint density at radius 1 is 1.04 bits per heavy atom. The van der Waals surface area contributed by atoms with Gasteiger partial charge in [0.1, 0.15) is 0 Å². The van der Waals surface area contributed by atoms with E-state index in [1.807, 2.05) is 11.3 Å². The Morgan fingerprint density at radius 2 is 1.85 bits per heavy atom. The van der Waals surface area contributed by atoms with Crippen LogP contribution in [0.1, 0.15) is 42.2 Å². The lowest BCUT2D eigenvalue weighted by Crippen LogP contribution is -2.47. The molecule has 2 aromatic rings.